The van der Waals surface area contributed by atoms with Crippen LogP contribution in [0.5, 0.6) is 0 Å². The van der Waals surface area contributed by atoms with Crippen LogP contribution in [0.15, 0.2) is 27.4 Å². The van der Waals surface area contributed by atoms with Crippen molar-refractivity contribution in [3.05, 3.63) is 35.4 Å². The molecule has 2 aromatic rings. The highest BCUT2D eigenvalue weighted by molar-refractivity contribution is 8.01. The van der Waals surface area contributed by atoms with E-state index in [4.69, 9.17) is 0 Å². The summed E-state index contributed by atoms with van der Waals surface area (Å²) in [5.74, 6) is 0.607. The molecule has 1 aromatic carbocycles. The zero-order valence-corrected chi connectivity index (χ0v) is 11.9. The maximum Gasteiger partial charge on any atom is 0.174 e. The first-order valence-corrected chi connectivity index (χ1v) is 7.25. The first-order valence-electron chi connectivity index (χ1n) is 5.66. The molecule has 1 heterocycles. The van der Waals surface area contributed by atoms with E-state index in [2.05, 4.69) is 14.7 Å². The van der Waals surface area contributed by atoms with Crippen molar-refractivity contribution in [3.8, 4) is 0 Å². The van der Waals surface area contributed by atoms with Gasteiger partial charge in [0.05, 0.1) is 4.90 Å². The number of hydrogen-bond acceptors (Lipinski definition) is 5. The van der Waals surface area contributed by atoms with E-state index in [1.54, 1.807) is 12.1 Å². The number of nitrogens with zero attached hydrogens (tertiary/aromatic N) is 2. The Kier molecular flexibility index (Phi) is 4.68. The number of aromatic nitrogens is 2. The van der Waals surface area contributed by atoms with Gasteiger partial charge in [-0.3, -0.25) is 0 Å². The minimum atomic E-state index is -0.207. The molecule has 1 N–H and O–H groups in total. The van der Waals surface area contributed by atoms with Gasteiger partial charge in [0.2, 0.25) is 0 Å². The molecular weight excluding hydrogens is 269 g/mol. The Morgan fingerprint density at radius 2 is 2.28 bits per heavy atom. The SMILES string of the molecule is CCc1nsc(Sc2ccc(CNC)cc2F)n1. The van der Waals surface area contributed by atoms with Crippen LogP contribution >= 0.6 is 23.3 Å². The Balaban J connectivity index is 2.13. The van der Waals surface area contributed by atoms with Gasteiger partial charge in [-0.1, -0.05) is 24.8 Å². The predicted octanol–water partition coefficient (Wildman–Crippen LogP) is 3.11. The number of halogens is 1. The third kappa shape index (κ3) is 3.28. The van der Waals surface area contributed by atoms with Crippen molar-refractivity contribution in [2.24, 2.45) is 0 Å². The molecule has 2 rings (SSSR count). The molecule has 0 spiro atoms. The zero-order valence-electron chi connectivity index (χ0n) is 10.2. The Bertz CT molecular complexity index is 528. The minimum absolute atomic E-state index is 0.207. The highest BCUT2D eigenvalue weighted by Crippen LogP contribution is 2.31. The number of rotatable bonds is 5. The quantitative estimate of drug-likeness (QED) is 0.915. The van der Waals surface area contributed by atoms with Gasteiger partial charge >= 0.3 is 0 Å². The number of benzene rings is 1. The van der Waals surface area contributed by atoms with Crippen LogP contribution in [0.1, 0.15) is 18.3 Å². The van der Waals surface area contributed by atoms with Crippen LogP contribution in [0.25, 0.3) is 0 Å². The molecule has 0 amide bonds. The standard InChI is InChI=1S/C12H14FN3S2/c1-3-11-15-12(18-16-11)17-10-5-4-8(7-14-2)6-9(10)13/h4-6,14H,3,7H2,1-2H3. The lowest BCUT2D eigenvalue weighted by Crippen LogP contribution is -2.05. The second-order valence-corrected chi connectivity index (χ2v) is 5.77. The minimum Gasteiger partial charge on any atom is -0.316 e. The van der Waals surface area contributed by atoms with Gasteiger partial charge in [-0.25, -0.2) is 9.37 Å². The van der Waals surface area contributed by atoms with Gasteiger partial charge in [-0.2, -0.15) is 4.37 Å². The van der Waals surface area contributed by atoms with Crippen LogP contribution in [-0.4, -0.2) is 16.4 Å². The van der Waals surface area contributed by atoms with Gasteiger partial charge in [0.15, 0.2) is 4.34 Å². The summed E-state index contributed by atoms with van der Waals surface area (Å²) in [5, 5.41) is 3.00. The fourth-order valence-electron chi connectivity index (χ4n) is 1.46. The average Bonchev–Trinajstić information content (AvgIpc) is 2.81. The van der Waals surface area contributed by atoms with Crippen molar-refractivity contribution < 1.29 is 4.39 Å². The molecule has 18 heavy (non-hydrogen) atoms. The molecule has 0 aliphatic rings. The molecule has 0 unspecified atom stereocenters. The fraction of sp³-hybridized carbons (Fsp3) is 0.333. The normalized spacial score (nSPS) is 10.8. The van der Waals surface area contributed by atoms with Crippen molar-refractivity contribution in [3.63, 3.8) is 0 Å². The third-order valence-corrected chi connectivity index (χ3v) is 4.18. The largest absolute Gasteiger partial charge is 0.316 e. The molecule has 0 bridgehead atoms. The van der Waals surface area contributed by atoms with Crippen LogP contribution in [-0.2, 0) is 13.0 Å². The van der Waals surface area contributed by atoms with E-state index in [9.17, 15) is 4.39 Å². The average molecular weight is 283 g/mol. The Morgan fingerprint density at radius 1 is 1.44 bits per heavy atom. The van der Waals surface area contributed by atoms with Gasteiger partial charge in [0.25, 0.3) is 0 Å². The molecule has 1 aromatic heterocycles. The molecule has 0 atom stereocenters. The molecular formula is C12H14FN3S2. The lowest BCUT2D eigenvalue weighted by atomic mass is 10.2. The van der Waals surface area contributed by atoms with E-state index in [1.165, 1.54) is 23.3 Å². The molecule has 0 fully saturated rings. The summed E-state index contributed by atoms with van der Waals surface area (Å²) in [6.45, 7) is 2.67. The van der Waals surface area contributed by atoms with Gasteiger partial charge in [0.1, 0.15) is 11.6 Å². The fourth-order valence-corrected chi connectivity index (χ4v) is 3.12. The zero-order chi connectivity index (χ0) is 13.0. The summed E-state index contributed by atoms with van der Waals surface area (Å²) in [5.41, 5.74) is 0.936. The van der Waals surface area contributed by atoms with E-state index < -0.39 is 0 Å². The third-order valence-electron chi connectivity index (χ3n) is 2.34. The summed E-state index contributed by atoms with van der Waals surface area (Å²) in [7, 11) is 1.84. The van der Waals surface area contributed by atoms with Gasteiger partial charge in [-0.15, -0.1) is 0 Å². The lowest BCUT2D eigenvalue weighted by molar-refractivity contribution is 0.598. The summed E-state index contributed by atoms with van der Waals surface area (Å²) >= 11 is 2.64. The molecule has 0 aliphatic heterocycles. The molecule has 6 heteroatoms. The van der Waals surface area contributed by atoms with Crippen LogP contribution in [0.4, 0.5) is 4.39 Å². The Labute approximate surface area is 114 Å². The van der Waals surface area contributed by atoms with E-state index in [-0.39, 0.29) is 5.82 Å². The van der Waals surface area contributed by atoms with Gasteiger partial charge < -0.3 is 5.32 Å². The van der Waals surface area contributed by atoms with Crippen molar-refractivity contribution in [1.82, 2.24) is 14.7 Å². The van der Waals surface area contributed by atoms with Crippen molar-refractivity contribution >= 4 is 23.3 Å². The first-order chi connectivity index (χ1) is 8.72. The second kappa shape index (κ2) is 6.26. The Hall–Kier alpha value is -0.980. The van der Waals surface area contributed by atoms with Crippen LogP contribution in [0.2, 0.25) is 0 Å². The lowest BCUT2D eigenvalue weighted by Gasteiger charge is -2.03. The molecule has 0 saturated carbocycles. The molecule has 3 nitrogen and oxygen atoms in total. The van der Waals surface area contributed by atoms with E-state index in [0.717, 1.165) is 22.1 Å². The van der Waals surface area contributed by atoms with Crippen LogP contribution in [0.3, 0.4) is 0 Å². The van der Waals surface area contributed by atoms with Crippen molar-refractivity contribution in [2.75, 3.05) is 7.05 Å². The molecule has 0 radical (unpaired) electrons. The van der Waals surface area contributed by atoms with Crippen LogP contribution < -0.4 is 5.32 Å². The predicted molar refractivity (Wildman–Crippen MR) is 72.6 cm³/mol. The maximum absolute atomic E-state index is 13.9. The highest BCUT2D eigenvalue weighted by Gasteiger charge is 2.09. The van der Waals surface area contributed by atoms with Crippen molar-refractivity contribution in [2.45, 2.75) is 29.1 Å². The summed E-state index contributed by atoms with van der Waals surface area (Å²) in [6.07, 6.45) is 0.806. The van der Waals surface area contributed by atoms with Gasteiger partial charge in [-0.05, 0) is 36.3 Å². The number of aryl methyl sites for hydroxylation is 1. The summed E-state index contributed by atoms with van der Waals surface area (Å²) in [4.78, 5) is 4.91. The topological polar surface area (TPSA) is 37.8 Å². The molecule has 0 aliphatic carbocycles. The number of hydrogen-bond donors (Lipinski definition) is 1. The second-order valence-electron chi connectivity index (χ2n) is 3.73. The van der Waals surface area contributed by atoms with Gasteiger partial charge in [0, 0.05) is 13.0 Å². The summed E-state index contributed by atoms with van der Waals surface area (Å²) in [6, 6.07) is 5.27. The van der Waals surface area contributed by atoms with E-state index in [1.807, 2.05) is 20.0 Å². The molecule has 0 saturated heterocycles. The summed E-state index contributed by atoms with van der Waals surface area (Å²) < 4.78 is 18.8. The Morgan fingerprint density at radius 3 is 2.89 bits per heavy atom. The smallest absolute Gasteiger partial charge is 0.174 e. The molecule has 96 valence electrons. The number of nitrogens with one attached hydrogen (secondary N) is 1. The van der Waals surface area contributed by atoms with E-state index >= 15 is 0 Å². The monoisotopic (exact) mass is 283 g/mol. The van der Waals surface area contributed by atoms with E-state index in [0.29, 0.717) is 11.4 Å². The van der Waals surface area contributed by atoms with Crippen LogP contribution in [0, 0.1) is 5.82 Å². The van der Waals surface area contributed by atoms with Crippen molar-refractivity contribution in [1.29, 1.82) is 0 Å². The first kappa shape index (κ1) is 13.5. The highest BCUT2D eigenvalue weighted by atomic mass is 32.2. The maximum atomic E-state index is 13.9.